The summed E-state index contributed by atoms with van der Waals surface area (Å²) in [6, 6.07) is 8.07. The molecule has 10 nitrogen and oxygen atoms in total. The number of piperidine rings is 1. The van der Waals surface area contributed by atoms with Crippen molar-refractivity contribution < 1.29 is 36.6 Å². The molecule has 190 valence electrons. The van der Waals surface area contributed by atoms with Crippen molar-refractivity contribution in [2.45, 2.75) is 24.3 Å². The van der Waals surface area contributed by atoms with Crippen molar-refractivity contribution in [2.24, 2.45) is 10.9 Å². The average Bonchev–Trinajstić information content (AvgIpc) is 3.46. The zero-order chi connectivity index (χ0) is 25.4. The van der Waals surface area contributed by atoms with Crippen molar-refractivity contribution in [1.82, 2.24) is 8.87 Å². The van der Waals surface area contributed by atoms with E-state index in [1.54, 1.807) is 16.7 Å². The minimum absolute atomic E-state index is 0.0353. The molecule has 3 heterocycles. The summed E-state index contributed by atoms with van der Waals surface area (Å²) in [5, 5.41) is 0. The van der Waals surface area contributed by atoms with E-state index >= 15 is 0 Å². The number of fused-ring (bicyclic) bond motifs is 2. The number of thiazole rings is 1. The standard InChI is InChI=1S/C23H22FN3O7S2/c1-32-21(28)12-27-17-9-18-19(34-13-33-18)10-20(17)35-23(27)25-22(29)14-3-2-8-26(11-14)36(30,31)16-6-4-15(24)5-7-16/h4-7,9-10,14H,2-3,8,11-13H2,1H3. The summed E-state index contributed by atoms with van der Waals surface area (Å²) in [5.74, 6) is -1.13. The highest BCUT2D eigenvalue weighted by Crippen LogP contribution is 2.37. The van der Waals surface area contributed by atoms with Gasteiger partial charge in [0, 0.05) is 25.2 Å². The smallest absolute Gasteiger partial charge is 0.325 e. The average molecular weight is 536 g/mol. The van der Waals surface area contributed by atoms with E-state index in [4.69, 9.17) is 14.2 Å². The maximum Gasteiger partial charge on any atom is 0.325 e. The molecule has 0 spiro atoms. The Kier molecular flexibility index (Phi) is 6.53. The molecule has 36 heavy (non-hydrogen) atoms. The van der Waals surface area contributed by atoms with Crippen LogP contribution in [0.4, 0.5) is 4.39 Å². The lowest BCUT2D eigenvalue weighted by Gasteiger charge is -2.30. The molecule has 13 heteroatoms. The first-order valence-corrected chi connectivity index (χ1v) is 13.4. The number of benzene rings is 2. The second-order valence-electron chi connectivity index (χ2n) is 8.33. The van der Waals surface area contributed by atoms with E-state index in [9.17, 15) is 22.4 Å². The van der Waals surface area contributed by atoms with Crippen molar-refractivity contribution in [3.8, 4) is 11.5 Å². The molecule has 1 atom stereocenters. The molecule has 2 aromatic carbocycles. The number of ether oxygens (including phenoxy) is 3. The van der Waals surface area contributed by atoms with Gasteiger partial charge in [-0.05, 0) is 37.1 Å². The largest absolute Gasteiger partial charge is 0.468 e. The van der Waals surface area contributed by atoms with Crippen LogP contribution in [-0.4, -0.2) is 56.2 Å². The van der Waals surface area contributed by atoms with Gasteiger partial charge in [0.25, 0.3) is 5.91 Å². The fourth-order valence-electron chi connectivity index (χ4n) is 4.19. The Balaban J connectivity index is 1.46. The van der Waals surface area contributed by atoms with E-state index in [0.29, 0.717) is 29.9 Å². The lowest BCUT2D eigenvalue weighted by molar-refractivity contribution is -0.141. The SMILES string of the molecule is COC(=O)Cn1c(=NC(=O)C2CCCN(S(=O)(=O)c3ccc(F)cc3)C2)sc2cc3c(cc21)OCO3. The number of hydrogen-bond acceptors (Lipinski definition) is 8. The van der Waals surface area contributed by atoms with Gasteiger partial charge in [-0.2, -0.15) is 9.30 Å². The van der Waals surface area contributed by atoms with Crippen LogP contribution in [0.25, 0.3) is 10.2 Å². The molecular weight excluding hydrogens is 513 g/mol. The number of halogens is 1. The van der Waals surface area contributed by atoms with Gasteiger partial charge in [0.2, 0.25) is 16.8 Å². The van der Waals surface area contributed by atoms with E-state index in [1.807, 2.05) is 0 Å². The second kappa shape index (κ2) is 9.64. The molecule has 1 unspecified atom stereocenters. The lowest BCUT2D eigenvalue weighted by atomic mass is 9.99. The highest BCUT2D eigenvalue weighted by molar-refractivity contribution is 7.89. The third-order valence-corrected chi connectivity index (χ3v) is 9.00. The normalized spacial score (nSPS) is 18.5. The summed E-state index contributed by atoms with van der Waals surface area (Å²) in [7, 11) is -2.62. The van der Waals surface area contributed by atoms with E-state index in [2.05, 4.69) is 4.99 Å². The molecule has 1 fully saturated rings. The van der Waals surface area contributed by atoms with Gasteiger partial charge in [-0.25, -0.2) is 12.8 Å². The molecule has 2 aliphatic heterocycles. The van der Waals surface area contributed by atoms with Gasteiger partial charge in [-0.3, -0.25) is 9.59 Å². The van der Waals surface area contributed by atoms with Crippen molar-refractivity contribution in [3.05, 3.63) is 47.0 Å². The van der Waals surface area contributed by atoms with Crippen LogP contribution >= 0.6 is 11.3 Å². The Morgan fingerprint density at radius 1 is 1.19 bits per heavy atom. The topological polar surface area (TPSA) is 116 Å². The first-order chi connectivity index (χ1) is 17.3. The van der Waals surface area contributed by atoms with Gasteiger partial charge in [-0.15, -0.1) is 0 Å². The molecule has 3 aromatic rings. The fourth-order valence-corrected chi connectivity index (χ4v) is 6.76. The van der Waals surface area contributed by atoms with Gasteiger partial charge < -0.3 is 18.8 Å². The minimum Gasteiger partial charge on any atom is -0.468 e. The molecule has 0 bridgehead atoms. The predicted octanol–water partition coefficient (Wildman–Crippen LogP) is 2.27. The van der Waals surface area contributed by atoms with E-state index in [1.165, 1.54) is 34.9 Å². The predicted molar refractivity (Wildman–Crippen MR) is 126 cm³/mol. The molecule has 2 aliphatic rings. The number of esters is 1. The van der Waals surface area contributed by atoms with Crippen molar-refractivity contribution in [1.29, 1.82) is 0 Å². The van der Waals surface area contributed by atoms with Crippen LogP contribution < -0.4 is 14.3 Å². The third-order valence-electron chi connectivity index (χ3n) is 6.08. The van der Waals surface area contributed by atoms with E-state index in [0.717, 1.165) is 16.8 Å². The first kappa shape index (κ1) is 24.4. The lowest BCUT2D eigenvalue weighted by Crippen LogP contribution is -2.42. The van der Waals surface area contributed by atoms with Crippen LogP contribution in [0, 0.1) is 11.7 Å². The van der Waals surface area contributed by atoms with Crippen molar-refractivity contribution >= 4 is 43.5 Å². The summed E-state index contributed by atoms with van der Waals surface area (Å²) in [5.41, 5.74) is 0.630. The molecule has 1 amide bonds. The Hall–Kier alpha value is -3.29. The number of hydrogen-bond donors (Lipinski definition) is 0. The van der Waals surface area contributed by atoms with Gasteiger partial charge in [0.1, 0.15) is 12.4 Å². The Labute approximate surface area is 209 Å². The molecular formula is C23H22FN3O7S2. The van der Waals surface area contributed by atoms with Crippen LogP contribution in [0.1, 0.15) is 12.8 Å². The molecule has 0 N–H and O–H groups in total. The number of methoxy groups -OCH3 is 1. The maximum atomic E-state index is 13.3. The monoisotopic (exact) mass is 535 g/mol. The second-order valence-corrected chi connectivity index (χ2v) is 11.3. The van der Waals surface area contributed by atoms with Crippen LogP contribution in [0.3, 0.4) is 0 Å². The summed E-state index contributed by atoms with van der Waals surface area (Å²) in [4.78, 5) is 29.8. The molecule has 0 aliphatic carbocycles. The molecule has 1 saturated heterocycles. The van der Waals surface area contributed by atoms with Gasteiger partial charge in [0.15, 0.2) is 16.3 Å². The van der Waals surface area contributed by atoms with Crippen molar-refractivity contribution in [2.75, 3.05) is 27.0 Å². The van der Waals surface area contributed by atoms with Crippen LogP contribution in [0.15, 0.2) is 46.3 Å². The number of amides is 1. The fraction of sp³-hybridized carbons (Fsp3) is 0.348. The van der Waals surface area contributed by atoms with Crippen LogP contribution in [0.5, 0.6) is 11.5 Å². The quantitative estimate of drug-likeness (QED) is 0.460. The Morgan fingerprint density at radius 2 is 1.92 bits per heavy atom. The zero-order valence-corrected chi connectivity index (χ0v) is 20.8. The molecule has 1 aromatic heterocycles. The van der Waals surface area contributed by atoms with E-state index < -0.39 is 33.6 Å². The summed E-state index contributed by atoms with van der Waals surface area (Å²) in [6.07, 6.45) is 0.942. The maximum absolute atomic E-state index is 13.3. The highest BCUT2D eigenvalue weighted by Gasteiger charge is 2.33. The summed E-state index contributed by atoms with van der Waals surface area (Å²) in [6.45, 7) is 0.135. The number of nitrogens with zero attached hydrogens (tertiary/aromatic N) is 3. The number of carbonyl (C=O) groups excluding carboxylic acids is 2. The Morgan fingerprint density at radius 3 is 2.64 bits per heavy atom. The summed E-state index contributed by atoms with van der Waals surface area (Å²) < 4.78 is 58.5. The number of sulfonamides is 1. The van der Waals surface area contributed by atoms with Crippen molar-refractivity contribution in [3.63, 3.8) is 0 Å². The number of rotatable bonds is 5. The number of aromatic nitrogens is 1. The molecule has 5 rings (SSSR count). The van der Waals surface area contributed by atoms with Gasteiger partial charge in [0.05, 0.1) is 28.1 Å². The number of carbonyl (C=O) groups is 2. The van der Waals surface area contributed by atoms with Crippen LogP contribution in [0.2, 0.25) is 0 Å². The molecule has 0 saturated carbocycles. The highest BCUT2D eigenvalue weighted by atomic mass is 32.2. The summed E-state index contributed by atoms with van der Waals surface area (Å²) >= 11 is 1.20. The minimum atomic E-state index is -3.89. The Bertz CT molecular complexity index is 1510. The van der Waals surface area contributed by atoms with Crippen LogP contribution in [-0.2, 0) is 30.9 Å². The first-order valence-electron chi connectivity index (χ1n) is 11.1. The van der Waals surface area contributed by atoms with Gasteiger partial charge in [-0.1, -0.05) is 11.3 Å². The molecule has 0 radical (unpaired) electrons. The van der Waals surface area contributed by atoms with E-state index in [-0.39, 0.29) is 36.1 Å². The zero-order valence-electron chi connectivity index (χ0n) is 19.2. The third kappa shape index (κ3) is 4.61. The van der Waals surface area contributed by atoms with Gasteiger partial charge >= 0.3 is 5.97 Å².